The van der Waals surface area contributed by atoms with Gasteiger partial charge in [-0.2, -0.15) is 0 Å². The first-order valence-electron chi connectivity index (χ1n) is 9.24. The van der Waals surface area contributed by atoms with Gasteiger partial charge in [0.2, 0.25) is 0 Å². The highest BCUT2D eigenvalue weighted by Crippen LogP contribution is 2.42. The molecule has 1 fully saturated rings. The molecular weight excluding hydrogens is 366 g/mol. The summed E-state index contributed by atoms with van der Waals surface area (Å²) in [6, 6.07) is 5.63. The summed E-state index contributed by atoms with van der Waals surface area (Å²) in [5.74, 6) is -1.20. The smallest absolute Gasteiger partial charge is 0.264 e. The lowest BCUT2D eigenvalue weighted by atomic mass is 10.1. The Morgan fingerprint density at radius 2 is 1.89 bits per heavy atom. The standard InChI is InChI=1S/C19H25N3O4S/c20-19-13-15(19)9-5-3-1-2-4-6-11-21-17(23)14-8-7-10-16(12-14)27(25,26)22-18(19)24/h5,7-10,12,15H,1-4,6,11,13,20H2,(H,21,23)(H,22,24)/b9-5-/t15-,19-/m1/s1. The molecule has 1 aromatic rings. The van der Waals surface area contributed by atoms with Crippen LogP contribution in [-0.4, -0.2) is 32.3 Å². The van der Waals surface area contributed by atoms with Crippen molar-refractivity contribution >= 4 is 21.8 Å². The number of hydrogen-bond donors (Lipinski definition) is 3. The van der Waals surface area contributed by atoms with Gasteiger partial charge in [-0.15, -0.1) is 0 Å². The molecule has 0 aromatic heterocycles. The molecule has 146 valence electrons. The summed E-state index contributed by atoms with van der Waals surface area (Å²) in [4.78, 5) is 24.5. The summed E-state index contributed by atoms with van der Waals surface area (Å²) in [6.07, 6.45) is 9.21. The van der Waals surface area contributed by atoms with Crippen molar-refractivity contribution in [1.82, 2.24) is 10.0 Å². The maximum atomic E-state index is 12.5. The van der Waals surface area contributed by atoms with Crippen molar-refractivity contribution in [2.24, 2.45) is 11.7 Å². The van der Waals surface area contributed by atoms with E-state index in [1.807, 2.05) is 12.2 Å². The third kappa shape index (κ3) is 4.56. The molecule has 0 radical (unpaired) electrons. The van der Waals surface area contributed by atoms with Crippen LogP contribution in [0.15, 0.2) is 41.3 Å². The summed E-state index contributed by atoms with van der Waals surface area (Å²) in [6.45, 7) is 0.542. The van der Waals surface area contributed by atoms with Gasteiger partial charge in [-0.05, 0) is 43.9 Å². The van der Waals surface area contributed by atoms with Crippen LogP contribution in [-0.2, 0) is 14.8 Å². The Kier molecular flexibility index (Phi) is 5.67. The quantitative estimate of drug-likeness (QED) is 0.579. The van der Waals surface area contributed by atoms with E-state index < -0.39 is 21.5 Å². The summed E-state index contributed by atoms with van der Waals surface area (Å²) in [5, 5.41) is 2.80. The fourth-order valence-corrected chi connectivity index (χ4v) is 4.28. The van der Waals surface area contributed by atoms with Gasteiger partial charge in [-0.1, -0.05) is 31.1 Å². The minimum Gasteiger partial charge on any atom is -0.352 e. The largest absolute Gasteiger partial charge is 0.352 e. The second kappa shape index (κ2) is 7.82. The van der Waals surface area contributed by atoms with E-state index in [-0.39, 0.29) is 22.3 Å². The van der Waals surface area contributed by atoms with Gasteiger partial charge in [0.25, 0.3) is 21.8 Å². The first-order chi connectivity index (χ1) is 12.8. The van der Waals surface area contributed by atoms with Crippen LogP contribution in [0.1, 0.15) is 48.9 Å². The van der Waals surface area contributed by atoms with Crippen LogP contribution in [0.5, 0.6) is 0 Å². The number of sulfonamides is 1. The zero-order chi connectivity index (χ0) is 19.5. The topological polar surface area (TPSA) is 118 Å². The minimum absolute atomic E-state index is 0.138. The fraction of sp³-hybridized carbons (Fsp3) is 0.474. The lowest BCUT2D eigenvalue weighted by Crippen LogP contribution is -2.46. The van der Waals surface area contributed by atoms with Gasteiger partial charge in [0.1, 0.15) is 5.54 Å². The minimum atomic E-state index is -4.10. The molecule has 7 nitrogen and oxygen atoms in total. The van der Waals surface area contributed by atoms with Crippen molar-refractivity contribution in [1.29, 1.82) is 0 Å². The summed E-state index contributed by atoms with van der Waals surface area (Å²) in [5.41, 5.74) is 5.12. The van der Waals surface area contributed by atoms with Crippen molar-refractivity contribution in [3.05, 3.63) is 42.0 Å². The number of carbonyl (C=O) groups excluding carboxylic acids is 2. The second-order valence-electron chi connectivity index (χ2n) is 7.20. The van der Waals surface area contributed by atoms with Crippen molar-refractivity contribution in [3.8, 4) is 0 Å². The normalized spacial score (nSPS) is 30.0. The predicted molar refractivity (Wildman–Crippen MR) is 101 cm³/mol. The number of allylic oxidation sites excluding steroid dienone is 1. The Balaban J connectivity index is 1.83. The van der Waals surface area contributed by atoms with E-state index in [4.69, 9.17) is 5.73 Å². The second-order valence-corrected chi connectivity index (χ2v) is 8.88. The third-order valence-electron chi connectivity index (χ3n) is 5.07. The lowest BCUT2D eigenvalue weighted by molar-refractivity contribution is -0.121. The van der Waals surface area contributed by atoms with E-state index >= 15 is 0 Å². The number of amides is 2. The first kappa shape index (κ1) is 19.6. The van der Waals surface area contributed by atoms with Gasteiger partial charge in [-0.25, -0.2) is 13.1 Å². The molecule has 0 saturated heterocycles. The predicted octanol–water partition coefficient (Wildman–Crippen LogP) is 1.46. The highest BCUT2D eigenvalue weighted by Gasteiger charge is 2.56. The maximum absolute atomic E-state index is 12.5. The van der Waals surface area contributed by atoms with Crippen LogP contribution in [0.4, 0.5) is 0 Å². The van der Waals surface area contributed by atoms with Crippen molar-refractivity contribution < 1.29 is 18.0 Å². The number of rotatable bonds is 0. The molecule has 3 rings (SSSR count). The Labute approximate surface area is 159 Å². The Bertz CT molecular complexity index is 865. The summed E-state index contributed by atoms with van der Waals surface area (Å²) >= 11 is 0. The van der Waals surface area contributed by atoms with Crippen LogP contribution >= 0.6 is 0 Å². The molecule has 1 saturated carbocycles. The molecule has 0 spiro atoms. The number of nitrogens with one attached hydrogen (secondary N) is 2. The molecule has 2 bridgehead atoms. The Morgan fingerprint density at radius 1 is 1.11 bits per heavy atom. The van der Waals surface area contributed by atoms with Gasteiger partial charge in [0.15, 0.2) is 0 Å². The molecule has 0 unspecified atom stereocenters. The molecule has 4 N–H and O–H groups in total. The van der Waals surface area contributed by atoms with E-state index in [9.17, 15) is 18.0 Å². The Morgan fingerprint density at radius 3 is 2.70 bits per heavy atom. The van der Waals surface area contributed by atoms with Crippen LogP contribution in [0.2, 0.25) is 0 Å². The van der Waals surface area contributed by atoms with Crippen LogP contribution in [0, 0.1) is 5.92 Å². The molecule has 27 heavy (non-hydrogen) atoms. The molecule has 1 aromatic carbocycles. The van der Waals surface area contributed by atoms with Crippen molar-refractivity contribution in [2.45, 2.75) is 49.0 Å². The number of nitrogens with two attached hydrogens (primary N) is 1. The van der Waals surface area contributed by atoms with Gasteiger partial charge in [-0.3, -0.25) is 9.59 Å². The number of carbonyl (C=O) groups is 2. The molecule has 1 aliphatic carbocycles. The molecule has 2 amide bonds. The average Bonchev–Trinajstić information content (AvgIpc) is 3.31. The molecule has 2 aliphatic rings. The third-order valence-corrected chi connectivity index (χ3v) is 6.40. The number of benzene rings is 1. The summed E-state index contributed by atoms with van der Waals surface area (Å²) < 4.78 is 27.1. The van der Waals surface area contributed by atoms with E-state index in [0.717, 1.165) is 32.1 Å². The van der Waals surface area contributed by atoms with Crippen LogP contribution < -0.4 is 15.8 Å². The monoisotopic (exact) mass is 391 g/mol. The van der Waals surface area contributed by atoms with Crippen LogP contribution in [0.25, 0.3) is 0 Å². The Hall–Kier alpha value is -2.19. The molecular formula is C19H25N3O4S. The van der Waals surface area contributed by atoms with E-state index in [2.05, 4.69) is 10.0 Å². The highest BCUT2D eigenvalue weighted by molar-refractivity contribution is 7.90. The highest BCUT2D eigenvalue weighted by atomic mass is 32.2. The zero-order valence-corrected chi connectivity index (χ0v) is 15.9. The van der Waals surface area contributed by atoms with Crippen molar-refractivity contribution in [3.63, 3.8) is 0 Å². The molecule has 2 atom stereocenters. The lowest BCUT2D eigenvalue weighted by Gasteiger charge is -2.13. The van der Waals surface area contributed by atoms with E-state index in [1.54, 1.807) is 6.07 Å². The van der Waals surface area contributed by atoms with E-state index in [0.29, 0.717) is 13.0 Å². The van der Waals surface area contributed by atoms with Gasteiger partial charge >= 0.3 is 0 Å². The van der Waals surface area contributed by atoms with Crippen LogP contribution in [0.3, 0.4) is 0 Å². The number of hydrogen-bond acceptors (Lipinski definition) is 5. The van der Waals surface area contributed by atoms with Crippen molar-refractivity contribution in [2.75, 3.05) is 6.54 Å². The zero-order valence-electron chi connectivity index (χ0n) is 15.1. The van der Waals surface area contributed by atoms with Gasteiger partial charge in [0, 0.05) is 18.0 Å². The summed E-state index contributed by atoms with van der Waals surface area (Å²) in [7, 11) is -4.10. The molecule has 1 aliphatic heterocycles. The average molecular weight is 391 g/mol. The molecule has 8 heteroatoms. The maximum Gasteiger partial charge on any atom is 0.264 e. The SMILES string of the molecule is N[C@]12C[C@H]1/C=C\CCCCCCNC(=O)c1cccc(c1)S(=O)(=O)NC2=O. The van der Waals surface area contributed by atoms with Gasteiger partial charge in [0.05, 0.1) is 4.90 Å². The van der Waals surface area contributed by atoms with Gasteiger partial charge < -0.3 is 11.1 Å². The fourth-order valence-electron chi connectivity index (χ4n) is 3.19. The first-order valence-corrected chi connectivity index (χ1v) is 10.7. The van der Waals surface area contributed by atoms with E-state index in [1.165, 1.54) is 18.2 Å². The number of fused-ring (bicyclic) bond motifs is 3. The molecule has 1 heterocycles.